The topological polar surface area (TPSA) is 82.1 Å². The Hall–Kier alpha value is -2.92. The molecular formula is C24H29F3N4O3S. The fraction of sp³-hybridized carbons (Fsp3) is 0.417. The molecule has 0 bridgehead atoms. The standard InChI is InChI=1S/C24H29F3N4O3S/c1-30(17-13-18-9-11-19(12-10-18)23-28-14-15-29-23)22(32)8-5-16-31(2)35(33,34)21-7-4-3-6-20(21)24(25,26)27/h3-4,6-7,9-12H,5,8,13-17H2,1-2H3,(H,28,29). The van der Waals surface area contributed by atoms with Crippen LogP contribution >= 0.6 is 0 Å². The van der Waals surface area contributed by atoms with Crippen molar-refractivity contribution >= 4 is 21.8 Å². The monoisotopic (exact) mass is 510 g/mol. The van der Waals surface area contributed by atoms with E-state index in [9.17, 15) is 26.4 Å². The molecule has 190 valence electrons. The van der Waals surface area contributed by atoms with E-state index in [0.29, 0.717) is 13.0 Å². The van der Waals surface area contributed by atoms with Crippen molar-refractivity contribution in [2.24, 2.45) is 4.99 Å². The first-order valence-corrected chi connectivity index (χ1v) is 12.7. The van der Waals surface area contributed by atoms with Crippen molar-refractivity contribution in [1.82, 2.24) is 14.5 Å². The van der Waals surface area contributed by atoms with Gasteiger partial charge < -0.3 is 10.2 Å². The Morgan fingerprint density at radius 2 is 1.74 bits per heavy atom. The van der Waals surface area contributed by atoms with Crippen LogP contribution in [0.5, 0.6) is 0 Å². The van der Waals surface area contributed by atoms with Crippen molar-refractivity contribution in [3.63, 3.8) is 0 Å². The fourth-order valence-electron chi connectivity index (χ4n) is 3.70. The first-order chi connectivity index (χ1) is 16.5. The maximum atomic E-state index is 13.2. The number of amidine groups is 1. The molecule has 0 aliphatic carbocycles. The average molecular weight is 511 g/mol. The van der Waals surface area contributed by atoms with E-state index in [2.05, 4.69) is 10.3 Å². The summed E-state index contributed by atoms with van der Waals surface area (Å²) in [6, 6.07) is 12.0. The highest BCUT2D eigenvalue weighted by Crippen LogP contribution is 2.34. The number of nitrogens with zero attached hydrogens (tertiary/aromatic N) is 3. The first-order valence-electron chi connectivity index (χ1n) is 11.2. The van der Waals surface area contributed by atoms with Gasteiger partial charge in [-0.2, -0.15) is 13.2 Å². The number of rotatable bonds is 10. The van der Waals surface area contributed by atoms with Gasteiger partial charge in [0.25, 0.3) is 0 Å². The third kappa shape index (κ3) is 6.82. The number of carbonyl (C=O) groups is 1. The second-order valence-electron chi connectivity index (χ2n) is 8.34. The summed E-state index contributed by atoms with van der Waals surface area (Å²) in [5.74, 6) is 0.727. The molecule has 1 heterocycles. The maximum Gasteiger partial charge on any atom is 0.417 e. The predicted molar refractivity (Wildman–Crippen MR) is 128 cm³/mol. The third-order valence-corrected chi connectivity index (χ3v) is 7.72. The summed E-state index contributed by atoms with van der Waals surface area (Å²) in [5.41, 5.74) is 0.886. The van der Waals surface area contributed by atoms with Gasteiger partial charge in [-0.15, -0.1) is 0 Å². The van der Waals surface area contributed by atoms with Crippen LogP contribution in [0.1, 0.15) is 29.5 Å². The van der Waals surface area contributed by atoms with E-state index < -0.39 is 26.7 Å². The molecule has 0 saturated carbocycles. The Morgan fingerprint density at radius 3 is 2.37 bits per heavy atom. The Morgan fingerprint density at radius 1 is 1.06 bits per heavy atom. The lowest BCUT2D eigenvalue weighted by atomic mass is 10.1. The fourth-order valence-corrected chi connectivity index (χ4v) is 5.12. The van der Waals surface area contributed by atoms with Crippen LogP contribution in [-0.2, 0) is 27.4 Å². The van der Waals surface area contributed by atoms with Crippen LogP contribution in [0.15, 0.2) is 58.4 Å². The van der Waals surface area contributed by atoms with Gasteiger partial charge in [0.1, 0.15) is 5.84 Å². The third-order valence-electron chi connectivity index (χ3n) is 5.81. The van der Waals surface area contributed by atoms with Gasteiger partial charge in [0.05, 0.1) is 17.0 Å². The van der Waals surface area contributed by atoms with Gasteiger partial charge >= 0.3 is 6.18 Å². The lowest BCUT2D eigenvalue weighted by molar-refractivity contribution is -0.140. The number of nitrogens with one attached hydrogen (secondary N) is 1. The molecule has 0 radical (unpaired) electrons. The minimum absolute atomic E-state index is 0.0759. The van der Waals surface area contributed by atoms with Gasteiger partial charge in [-0.05, 0) is 30.5 Å². The van der Waals surface area contributed by atoms with Crippen LogP contribution in [0, 0.1) is 0 Å². The molecule has 11 heteroatoms. The van der Waals surface area contributed by atoms with Crippen molar-refractivity contribution < 1.29 is 26.4 Å². The number of likely N-dealkylation sites (N-methyl/N-ethyl adjacent to an activating group) is 1. The summed E-state index contributed by atoms with van der Waals surface area (Å²) in [6.07, 6.45) is -3.85. The molecule has 35 heavy (non-hydrogen) atoms. The molecular weight excluding hydrogens is 481 g/mol. The largest absolute Gasteiger partial charge is 0.417 e. The van der Waals surface area contributed by atoms with E-state index in [-0.39, 0.29) is 25.3 Å². The maximum absolute atomic E-state index is 13.2. The summed E-state index contributed by atoms with van der Waals surface area (Å²) < 4.78 is 65.9. The van der Waals surface area contributed by atoms with Crippen LogP contribution in [0.2, 0.25) is 0 Å². The first kappa shape index (κ1) is 26.7. The van der Waals surface area contributed by atoms with E-state index in [1.54, 1.807) is 11.9 Å². The number of halogens is 3. The van der Waals surface area contributed by atoms with E-state index in [4.69, 9.17) is 0 Å². The van der Waals surface area contributed by atoms with Gasteiger partial charge in [-0.1, -0.05) is 36.4 Å². The van der Waals surface area contributed by atoms with Gasteiger partial charge in [0.2, 0.25) is 15.9 Å². The number of carbonyl (C=O) groups excluding carboxylic acids is 1. The van der Waals surface area contributed by atoms with Gasteiger partial charge in [-0.25, -0.2) is 12.7 Å². The summed E-state index contributed by atoms with van der Waals surface area (Å²) in [7, 11) is -1.46. The van der Waals surface area contributed by atoms with Crippen LogP contribution in [0.3, 0.4) is 0 Å². The van der Waals surface area contributed by atoms with E-state index >= 15 is 0 Å². The van der Waals surface area contributed by atoms with Gasteiger partial charge in [-0.3, -0.25) is 9.79 Å². The van der Waals surface area contributed by atoms with Crippen molar-refractivity contribution in [2.75, 3.05) is 40.3 Å². The molecule has 1 aliphatic heterocycles. The SMILES string of the molecule is CN(CCc1ccc(C2=NCCN2)cc1)C(=O)CCCN(C)S(=O)(=O)c1ccccc1C(F)(F)F. The highest BCUT2D eigenvalue weighted by Gasteiger charge is 2.38. The van der Waals surface area contributed by atoms with Gasteiger partial charge in [0, 0.05) is 45.7 Å². The van der Waals surface area contributed by atoms with Crippen LogP contribution < -0.4 is 5.32 Å². The molecule has 2 aromatic rings. The molecule has 0 atom stereocenters. The Kier molecular flexibility index (Phi) is 8.55. The van der Waals surface area contributed by atoms with Gasteiger partial charge in [0.15, 0.2) is 0 Å². The molecule has 1 N–H and O–H groups in total. The number of aliphatic imine (C=N–C) groups is 1. The average Bonchev–Trinajstić information content (AvgIpc) is 3.37. The summed E-state index contributed by atoms with van der Waals surface area (Å²) in [4.78, 5) is 17.6. The molecule has 1 aliphatic rings. The van der Waals surface area contributed by atoms with E-state index in [0.717, 1.165) is 52.6 Å². The molecule has 0 aromatic heterocycles. The zero-order valence-corrected chi connectivity index (χ0v) is 20.5. The minimum atomic E-state index is -4.79. The number of sulfonamides is 1. The normalized spacial score (nSPS) is 14.1. The van der Waals surface area contributed by atoms with Crippen LogP contribution in [0.4, 0.5) is 13.2 Å². The highest BCUT2D eigenvalue weighted by molar-refractivity contribution is 7.89. The van der Waals surface area contributed by atoms with Crippen LogP contribution in [-0.4, -0.2) is 69.6 Å². The van der Waals surface area contributed by atoms with E-state index in [1.165, 1.54) is 13.1 Å². The van der Waals surface area contributed by atoms with Crippen molar-refractivity contribution in [3.8, 4) is 0 Å². The van der Waals surface area contributed by atoms with Crippen molar-refractivity contribution in [1.29, 1.82) is 0 Å². The zero-order chi connectivity index (χ0) is 25.6. The number of hydrogen-bond donors (Lipinski definition) is 1. The second-order valence-corrected chi connectivity index (χ2v) is 10.4. The molecule has 0 spiro atoms. The Labute approximate surface area is 203 Å². The molecule has 0 unspecified atom stereocenters. The predicted octanol–water partition coefficient (Wildman–Crippen LogP) is 3.16. The second kappa shape index (κ2) is 11.2. The molecule has 0 fully saturated rings. The summed E-state index contributed by atoms with van der Waals surface area (Å²) in [5, 5.41) is 3.22. The molecule has 0 saturated heterocycles. The Bertz CT molecular complexity index is 1170. The molecule has 2 aromatic carbocycles. The van der Waals surface area contributed by atoms with Crippen molar-refractivity contribution in [3.05, 3.63) is 65.2 Å². The number of amides is 1. The Balaban J connectivity index is 1.48. The number of hydrogen-bond acceptors (Lipinski definition) is 5. The number of alkyl halides is 3. The summed E-state index contributed by atoms with van der Waals surface area (Å²) >= 11 is 0. The lowest BCUT2D eigenvalue weighted by Gasteiger charge is -2.21. The van der Waals surface area contributed by atoms with Crippen LogP contribution in [0.25, 0.3) is 0 Å². The van der Waals surface area contributed by atoms with Crippen molar-refractivity contribution in [2.45, 2.75) is 30.3 Å². The van der Waals surface area contributed by atoms with E-state index in [1.807, 2.05) is 24.3 Å². The quantitative estimate of drug-likeness (QED) is 0.533. The lowest BCUT2D eigenvalue weighted by Crippen LogP contribution is -2.32. The molecule has 3 rings (SSSR count). The number of benzene rings is 2. The highest BCUT2D eigenvalue weighted by atomic mass is 32.2. The zero-order valence-electron chi connectivity index (χ0n) is 19.7. The molecule has 1 amide bonds. The summed E-state index contributed by atoms with van der Waals surface area (Å²) in [6.45, 7) is 2.02. The minimum Gasteiger partial charge on any atom is -0.368 e. The molecule has 7 nitrogen and oxygen atoms in total. The smallest absolute Gasteiger partial charge is 0.368 e.